The smallest absolute Gasteiger partial charge is 0.338 e. The van der Waals surface area contributed by atoms with E-state index in [2.05, 4.69) is 23.8 Å². The molecule has 5 heteroatoms. The number of halogens is 1. The Morgan fingerprint density at radius 1 is 1.40 bits per heavy atom. The molecule has 0 aromatic carbocycles. The molecule has 0 saturated heterocycles. The van der Waals surface area contributed by atoms with Crippen LogP contribution in [0.15, 0.2) is 28.3 Å². The van der Waals surface area contributed by atoms with Crippen LogP contribution < -0.4 is 0 Å². The third kappa shape index (κ3) is 4.03. The molecule has 0 spiro atoms. The summed E-state index contributed by atoms with van der Waals surface area (Å²) in [5, 5.41) is 14.2. The molecule has 15 heavy (non-hydrogen) atoms. The summed E-state index contributed by atoms with van der Waals surface area (Å²) >= 11 is 8.43. The summed E-state index contributed by atoms with van der Waals surface area (Å²) in [6.07, 6.45) is 0. The normalized spacial score (nSPS) is 9.20. The fourth-order valence-electron chi connectivity index (χ4n) is 0.779. The second kappa shape index (κ2) is 5.90. The lowest BCUT2D eigenvalue weighted by Crippen LogP contribution is -1.92. The molecule has 0 aliphatic rings. The Labute approximate surface area is 101 Å². The quantitative estimate of drug-likeness (QED) is 0.836. The van der Waals surface area contributed by atoms with E-state index in [1.54, 1.807) is 16.7 Å². The Morgan fingerprint density at radius 2 is 2.13 bits per heavy atom. The van der Waals surface area contributed by atoms with E-state index in [0.29, 0.717) is 4.34 Å². The van der Waals surface area contributed by atoms with Gasteiger partial charge in [0, 0.05) is 0 Å². The van der Waals surface area contributed by atoms with E-state index in [-0.39, 0.29) is 5.56 Å². The third-order valence-corrected chi connectivity index (χ3v) is 3.48. The van der Waals surface area contributed by atoms with Gasteiger partial charge in [-0.3, -0.25) is 0 Å². The average molecular weight is 261 g/mol. The highest BCUT2D eigenvalue weighted by molar-refractivity contribution is 7.14. The molecule has 2 rings (SSSR count). The van der Waals surface area contributed by atoms with Gasteiger partial charge in [0.15, 0.2) is 0 Å². The van der Waals surface area contributed by atoms with Gasteiger partial charge in [0.2, 0.25) is 0 Å². The predicted octanol–water partition coefficient (Wildman–Crippen LogP) is 4.16. The molecule has 0 bridgehead atoms. The van der Waals surface area contributed by atoms with E-state index < -0.39 is 5.97 Å². The van der Waals surface area contributed by atoms with Crippen LogP contribution in [0.4, 0.5) is 0 Å². The van der Waals surface area contributed by atoms with Crippen LogP contribution in [0.5, 0.6) is 0 Å². The first-order valence-corrected chi connectivity index (χ1v) is 6.26. The number of carboxylic acids is 1. The second-order valence-electron chi connectivity index (χ2n) is 2.71. The van der Waals surface area contributed by atoms with Crippen molar-refractivity contribution >= 4 is 40.2 Å². The van der Waals surface area contributed by atoms with Gasteiger partial charge in [-0.25, -0.2) is 4.79 Å². The van der Waals surface area contributed by atoms with Gasteiger partial charge in [0.05, 0.1) is 5.56 Å². The third-order valence-electron chi connectivity index (χ3n) is 1.51. The molecule has 2 aromatic rings. The Hall–Kier alpha value is -0.840. The second-order valence-corrected chi connectivity index (χ2v) is 5.01. The summed E-state index contributed by atoms with van der Waals surface area (Å²) < 4.78 is 0.336. The van der Waals surface area contributed by atoms with Crippen molar-refractivity contribution in [1.82, 2.24) is 0 Å². The SMILES string of the molecule is Cc1ccsc1.O=C(O)c1ccsc1Cl. The van der Waals surface area contributed by atoms with Crippen molar-refractivity contribution in [3.05, 3.63) is 43.7 Å². The number of carbonyl (C=O) groups is 1. The molecule has 0 amide bonds. The summed E-state index contributed by atoms with van der Waals surface area (Å²) in [4.78, 5) is 10.2. The van der Waals surface area contributed by atoms with Gasteiger partial charge in [0.1, 0.15) is 4.34 Å². The van der Waals surface area contributed by atoms with Crippen molar-refractivity contribution in [3.63, 3.8) is 0 Å². The summed E-state index contributed by atoms with van der Waals surface area (Å²) in [5.74, 6) is -0.971. The highest BCUT2D eigenvalue weighted by Crippen LogP contribution is 2.21. The Kier molecular flexibility index (Phi) is 4.81. The first-order chi connectivity index (χ1) is 7.11. The summed E-state index contributed by atoms with van der Waals surface area (Å²) in [5.41, 5.74) is 1.54. The number of carboxylic acid groups (broad SMARTS) is 1. The van der Waals surface area contributed by atoms with Gasteiger partial charge >= 0.3 is 5.97 Å². The molecule has 0 radical (unpaired) electrons. The highest BCUT2D eigenvalue weighted by atomic mass is 35.5. The van der Waals surface area contributed by atoms with Gasteiger partial charge in [-0.15, -0.1) is 11.3 Å². The summed E-state index contributed by atoms with van der Waals surface area (Å²) in [6.45, 7) is 2.09. The molecule has 0 atom stereocenters. The monoisotopic (exact) mass is 260 g/mol. The molecule has 1 N–H and O–H groups in total. The molecule has 0 unspecified atom stereocenters. The van der Waals surface area contributed by atoms with Crippen LogP contribution >= 0.6 is 34.3 Å². The minimum absolute atomic E-state index is 0.182. The maximum absolute atomic E-state index is 10.2. The molecule has 80 valence electrons. The summed E-state index contributed by atoms with van der Waals surface area (Å²) in [6, 6.07) is 3.58. The van der Waals surface area contributed by atoms with Crippen molar-refractivity contribution < 1.29 is 9.90 Å². The fourth-order valence-corrected chi connectivity index (χ4v) is 2.35. The van der Waals surface area contributed by atoms with Gasteiger partial charge in [-0.05, 0) is 40.8 Å². The first-order valence-electron chi connectivity index (χ1n) is 4.06. The Morgan fingerprint density at radius 3 is 2.33 bits per heavy atom. The van der Waals surface area contributed by atoms with E-state index in [1.165, 1.54) is 23.0 Å². The zero-order valence-corrected chi connectivity index (χ0v) is 10.3. The van der Waals surface area contributed by atoms with Crippen LogP contribution in [0.1, 0.15) is 15.9 Å². The van der Waals surface area contributed by atoms with E-state index in [0.717, 1.165) is 0 Å². The van der Waals surface area contributed by atoms with Crippen LogP contribution in [-0.2, 0) is 0 Å². The summed E-state index contributed by atoms with van der Waals surface area (Å²) in [7, 11) is 0. The van der Waals surface area contributed by atoms with Crippen LogP contribution in [0.25, 0.3) is 0 Å². The molecular weight excluding hydrogens is 252 g/mol. The van der Waals surface area contributed by atoms with Crippen molar-refractivity contribution in [1.29, 1.82) is 0 Å². The van der Waals surface area contributed by atoms with Crippen LogP contribution in [0.3, 0.4) is 0 Å². The number of hydrogen-bond acceptors (Lipinski definition) is 3. The first kappa shape index (κ1) is 12.2. The number of hydrogen-bond donors (Lipinski definition) is 1. The van der Waals surface area contributed by atoms with Crippen molar-refractivity contribution in [2.75, 3.05) is 0 Å². The number of thiophene rings is 2. The molecule has 2 nitrogen and oxygen atoms in total. The predicted molar refractivity (Wildman–Crippen MR) is 65.3 cm³/mol. The van der Waals surface area contributed by atoms with Crippen LogP contribution in [0.2, 0.25) is 4.34 Å². The fraction of sp³-hybridized carbons (Fsp3) is 0.100. The zero-order valence-electron chi connectivity index (χ0n) is 7.94. The molecule has 0 saturated carbocycles. The van der Waals surface area contributed by atoms with E-state index >= 15 is 0 Å². The lowest BCUT2D eigenvalue weighted by atomic mass is 10.4. The average Bonchev–Trinajstić information content (AvgIpc) is 2.77. The molecular formula is C10H9ClO2S2. The molecule has 0 aliphatic heterocycles. The Bertz CT molecular complexity index is 420. The Balaban J connectivity index is 0.000000162. The molecule has 2 heterocycles. The van der Waals surface area contributed by atoms with Gasteiger partial charge < -0.3 is 5.11 Å². The van der Waals surface area contributed by atoms with Crippen molar-refractivity contribution in [3.8, 4) is 0 Å². The molecule has 0 aliphatic carbocycles. The van der Waals surface area contributed by atoms with E-state index in [4.69, 9.17) is 16.7 Å². The minimum Gasteiger partial charge on any atom is -0.478 e. The maximum Gasteiger partial charge on any atom is 0.338 e. The van der Waals surface area contributed by atoms with Gasteiger partial charge in [-0.2, -0.15) is 11.3 Å². The number of aromatic carboxylic acids is 1. The van der Waals surface area contributed by atoms with Crippen LogP contribution in [0, 0.1) is 6.92 Å². The topological polar surface area (TPSA) is 37.3 Å². The van der Waals surface area contributed by atoms with Crippen molar-refractivity contribution in [2.24, 2.45) is 0 Å². The van der Waals surface area contributed by atoms with E-state index in [9.17, 15) is 4.79 Å². The molecule has 0 fully saturated rings. The van der Waals surface area contributed by atoms with E-state index in [1.807, 2.05) is 0 Å². The lowest BCUT2D eigenvalue weighted by Gasteiger charge is -1.84. The highest BCUT2D eigenvalue weighted by Gasteiger charge is 2.07. The largest absolute Gasteiger partial charge is 0.478 e. The minimum atomic E-state index is -0.971. The number of aryl methyl sites for hydroxylation is 1. The maximum atomic E-state index is 10.2. The molecule has 2 aromatic heterocycles. The standard InChI is InChI=1S/C5H3ClO2S.C5H6S/c6-4-3(5(7)8)1-2-9-4;1-5-2-3-6-4-5/h1-2H,(H,7,8);2-4H,1H3. The van der Waals surface area contributed by atoms with Crippen LogP contribution in [-0.4, -0.2) is 11.1 Å². The zero-order chi connectivity index (χ0) is 11.3. The van der Waals surface area contributed by atoms with Gasteiger partial charge in [-0.1, -0.05) is 11.6 Å². The van der Waals surface area contributed by atoms with Gasteiger partial charge in [0.25, 0.3) is 0 Å². The number of rotatable bonds is 1. The lowest BCUT2D eigenvalue weighted by molar-refractivity contribution is 0.0697. The van der Waals surface area contributed by atoms with Crippen molar-refractivity contribution in [2.45, 2.75) is 6.92 Å².